The largest absolute Gasteiger partial charge is 0.327 e. The van der Waals surface area contributed by atoms with Crippen LogP contribution in [0.2, 0.25) is 0 Å². The molecule has 4 nitrogen and oxygen atoms in total. The molecular formula is C10H16N4. The zero-order chi connectivity index (χ0) is 10.1. The quantitative estimate of drug-likeness (QED) is 0.622. The van der Waals surface area contributed by atoms with Crippen LogP contribution >= 0.6 is 0 Å². The van der Waals surface area contributed by atoms with Gasteiger partial charge in [0.2, 0.25) is 0 Å². The van der Waals surface area contributed by atoms with Gasteiger partial charge in [0, 0.05) is 6.04 Å². The molecule has 3 atom stereocenters. The number of H-pyrrole nitrogens is 1. The second-order valence-corrected chi connectivity index (χ2v) is 4.02. The molecule has 0 saturated heterocycles. The van der Waals surface area contributed by atoms with Crippen LogP contribution in [0.25, 0.3) is 12.2 Å². The molecule has 0 aliphatic heterocycles. The molecule has 1 aliphatic carbocycles. The summed E-state index contributed by atoms with van der Waals surface area (Å²) >= 11 is 0. The van der Waals surface area contributed by atoms with Crippen molar-refractivity contribution in [3.63, 3.8) is 0 Å². The first kappa shape index (κ1) is 9.40. The number of nitrogens with two attached hydrogens (primary N) is 1. The summed E-state index contributed by atoms with van der Waals surface area (Å²) in [5, 5.41) is 12.5. The van der Waals surface area contributed by atoms with Gasteiger partial charge in [-0.1, -0.05) is 24.3 Å². The summed E-state index contributed by atoms with van der Waals surface area (Å²) in [6, 6.07) is 0.304. The van der Waals surface area contributed by atoms with Crippen LogP contribution in [-0.4, -0.2) is 21.5 Å². The van der Waals surface area contributed by atoms with E-state index in [2.05, 4.69) is 28.4 Å². The molecule has 1 saturated carbocycles. The summed E-state index contributed by atoms with van der Waals surface area (Å²) in [7, 11) is 0. The van der Waals surface area contributed by atoms with E-state index in [1.54, 1.807) is 0 Å². The van der Waals surface area contributed by atoms with Crippen LogP contribution < -0.4 is 16.4 Å². The molecule has 1 aromatic heterocycles. The SMILES string of the molecule is C/C=c1/nn[nH]/c1=C/C1C(C)CC1N. The Labute approximate surface area is 82.9 Å². The highest BCUT2D eigenvalue weighted by atomic mass is 15.3. The highest BCUT2D eigenvalue weighted by molar-refractivity contribution is 5.30. The minimum absolute atomic E-state index is 0.304. The maximum Gasteiger partial charge on any atom is 0.108 e. The molecule has 1 aromatic rings. The fourth-order valence-corrected chi connectivity index (χ4v) is 2.03. The Kier molecular flexibility index (Phi) is 2.37. The Bertz CT molecular complexity index is 412. The molecule has 14 heavy (non-hydrogen) atoms. The van der Waals surface area contributed by atoms with Crippen molar-refractivity contribution < 1.29 is 0 Å². The van der Waals surface area contributed by atoms with Gasteiger partial charge >= 0.3 is 0 Å². The normalized spacial score (nSPS) is 34.6. The minimum Gasteiger partial charge on any atom is -0.327 e. The minimum atomic E-state index is 0.304. The van der Waals surface area contributed by atoms with E-state index in [0.29, 0.717) is 17.9 Å². The van der Waals surface area contributed by atoms with Crippen molar-refractivity contribution in [1.29, 1.82) is 0 Å². The summed E-state index contributed by atoms with van der Waals surface area (Å²) in [6.07, 6.45) is 5.23. The molecule has 4 heteroatoms. The Morgan fingerprint density at radius 1 is 1.57 bits per heavy atom. The summed E-state index contributed by atoms with van der Waals surface area (Å²) < 4.78 is 0. The maximum atomic E-state index is 5.93. The zero-order valence-electron chi connectivity index (χ0n) is 8.57. The fraction of sp³-hybridized carbons (Fsp3) is 0.600. The lowest BCUT2D eigenvalue weighted by molar-refractivity contribution is 0.217. The molecule has 2 rings (SSSR count). The van der Waals surface area contributed by atoms with Gasteiger partial charge in [0.15, 0.2) is 0 Å². The smallest absolute Gasteiger partial charge is 0.108 e. The van der Waals surface area contributed by atoms with Gasteiger partial charge < -0.3 is 5.73 Å². The van der Waals surface area contributed by atoms with E-state index in [9.17, 15) is 0 Å². The number of aromatic nitrogens is 3. The lowest BCUT2D eigenvalue weighted by Gasteiger charge is -2.38. The molecule has 0 amide bonds. The van der Waals surface area contributed by atoms with Crippen molar-refractivity contribution in [2.75, 3.05) is 0 Å². The predicted octanol–water partition coefficient (Wildman–Crippen LogP) is -0.631. The molecule has 1 fully saturated rings. The van der Waals surface area contributed by atoms with Crippen molar-refractivity contribution in [2.45, 2.75) is 26.3 Å². The van der Waals surface area contributed by atoms with E-state index >= 15 is 0 Å². The van der Waals surface area contributed by atoms with Crippen molar-refractivity contribution >= 4 is 12.2 Å². The van der Waals surface area contributed by atoms with Crippen molar-refractivity contribution in [3.8, 4) is 0 Å². The predicted molar refractivity (Wildman–Crippen MR) is 55.5 cm³/mol. The van der Waals surface area contributed by atoms with Gasteiger partial charge in [0.1, 0.15) is 5.35 Å². The summed E-state index contributed by atoms with van der Waals surface area (Å²) in [5.74, 6) is 1.15. The Morgan fingerprint density at radius 3 is 2.93 bits per heavy atom. The summed E-state index contributed by atoms with van der Waals surface area (Å²) in [4.78, 5) is 0. The zero-order valence-corrected chi connectivity index (χ0v) is 8.57. The topological polar surface area (TPSA) is 67.6 Å². The first-order valence-corrected chi connectivity index (χ1v) is 5.03. The summed E-state index contributed by atoms with van der Waals surface area (Å²) in [6.45, 7) is 4.18. The average molecular weight is 192 g/mol. The second kappa shape index (κ2) is 3.53. The van der Waals surface area contributed by atoms with Crippen LogP contribution in [0.1, 0.15) is 20.3 Å². The highest BCUT2D eigenvalue weighted by Gasteiger charge is 2.33. The van der Waals surface area contributed by atoms with Crippen LogP contribution in [0.4, 0.5) is 0 Å². The van der Waals surface area contributed by atoms with Gasteiger partial charge in [0.05, 0.1) is 5.35 Å². The Morgan fingerprint density at radius 2 is 2.36 bits per heavy atom. The van der Waals surface area contributed by atoms with E-state index in [4.69, 9.17) is 5.73 Å². The Hall–Kier alpha value is -1.16. The Balaban J connectivity index is 2.35. The maximum absolute atomic E-state index is 5.93. The van der Waals surface area contributed by atoms with Gasteiger partial charge in [-0.05, 0) is 25.2 Å². The third-order valence-corrected chi connectivity index (χ3v) is 3.03. The van der Waals surface area contributed by atoms with Gasteiger partial charge in [-0.25, -0.2) is 0 Å². The molecule has 0 bridgehead atoms. The molecule has 0 aromatic carbocycles. The van der Waals surface area contributed by atoms with E-state index in [0.717, 1.165) is 17.1 Å². The second-order valence-electron chi connectivity index (χ2n) is 4.02. The average Bonchev–Trinajstić information content (AvgIpc) is 2.61. The van der Waals surface area contributed by atoms with Crippen LogP contribution in [0.15, 0.2) is 0 Å². The molecular weight excluding hydrogens is 176 g/mol. The molecule has 0 radical (unpaired) electrons. The number of aromatic amines is 1. The van der Waals surface area contributed by atoms with E-state index < -0.39 is 0 Å². The standard InChI is InChI=1S/C10H16N4/c1-3-9-10(13-14-12-9)5-7-6(2)4-8(7)11/h3,5-8H,4,11H2,1-2H3,(H,12,13)/b9-3+,10-5+. The third-order valence-electron chi connectivity index (χ3n) is 3.03. The first-order chi connectivity index (χ1) is 6.72. The molecule has 1 aliphatic rings. The van der Waals surface area contributed by atoms with Crippen LogP contribution in [0.3, 0.4) is 0 Å². The first-order valence-electron chi connectivity index (χ1n) is 5.03. The number of nitrogens with zero attached hydrogens (tertiary/aromatic N) is 2. The van der Waals surface area contributed by atoms with Crippen LogP contribution in [0.5, 0.6) is 0 Å². The number of nitrogens with one attached hydrogen (secondary N) is 1. The monoisotopic (exact) mass is 192 g/mol. The van der Waals surface area contributed by atoms with Gasteiger partial charge in [-0.3, -0.25) is 5.10 Å². The van der Waals surface area contributed by atoms with Crippen molar-refractivity contribution in [2.24, 2.45) is 17.6 Å². The molecule has 3 N–H and O–H groups in total. The number of hydrogen-bond acceptors (Lipinski definition) is 3. The lowest BCUT2D eigenvalue weighted by Crippen LogP contribution is -2.46. The van der Waals surface area contributed by atoms with Gasteiger partial charge in [-0.15, -0.1) is 5.10 Å². The highest BCUT2D eigenvalue weighted by Crippen LogP contribution is 2.33. The van der Waals surface area contributed by atoms with Crippen molar-refractivity contribution in [1.82, 2.24) is 15.4 Å². The third kappa shape index (κ3) is 1.46. The lowest BCUT2D eigenvalue weighted by atomic mass is 9.71. The van der Waals surface area contributed by atoms with E-state index in [-0.39, 0.29) is 0 Å². The molecule has 3 unspecified atom stereocenters. The molecule has 76 valence electrons. The summed E-state index contributed by atoms with van der Waals surface area (Å²) in [5.41, 5.74) is 5.93. The molecule has 0 spiro atoms. The van der Waals surface area contributed by atoms with Gasteiger partial charge in [-0.2, -0.15) is 0 Å². The van der Waals surface area contributed by atoms with E-state index in [1.807, 2.05) is 13.0 Å². The molecule has 1 heterocycles. The van der Waals surface area contributed by atoms with Crippen molar-refractivity contribution in [3.05, 3.63) is 10.7 Å². The van der Waals surface area contributed by atoms with Crippen LogP contribution in [-0.2, 0) is 0 Å². The number of rotatable bonds is 1. The number of hydrogen-bond donors (Lipinski definition) is 2. The fourth-order valence-electron chi connectivity index (χ4n) is 2.03. The van der Waals surface area contributed by atoms with Gasteiger partial charge in [0.25, 0.3) is 0 Å². The van der Waals surface area contributed by atoms with Crippen LogP contribution in [0, 0.1) is 11.8 Å². The van der Waals surface area contributed by atoms with E-state index in [1.165, 1.54) is 0 Å².